The van der Waals surface area contributed by atoms with Crippen molar-refractivity contribution in [3.8, 4) is 0 Å². The van der Waals surface area contributed by atoms with Gasteiger partial charge in [0.1, 0.15) is 6.04 Å². The molecule has 0 fully saturated rings. The lowest BCUT2D eigenvalue weighted by atomic mass is 9.92. The van der Waals surface area contributed by atoms with E-state index >= 15 is 0 Å². The highest BCUT2D eigenvalue weighted by Gasteiger charge is 2.59. The number of anilines is 1. The van der Waals surface area contributed by atoms with Crippen molar-refractivity contribution in [3.05, 3.63) is 70.3 Å². The zero-order valence-electron chi connectivity index (χ0n) is 17.4. The largest absolute Gasteiger partial charge is 0.465 e. The summed E-state index contributed by atoms with van der Waals surface area (Å²) in [6.45, 7) is 2.80. The highest BCUT2D eigenvalue weighted by atomic mass is 32.2. The summed E-state index contributed by atoms with van der Waals surface area (Å²) < 4.78 is 38.0. The fraction of sp³-hybridized carbons (Fsp3) is 0.333. The molecule has 10 nitrogen and oxygen atoms in total. The van der Waals surface area contributed by atoms with Crippen LogP contribution >= 0.6 is 0 Å². The molecule has 0 saturated carbocycles. The molecule has 0 unspecified atom stereocenters. The molecule has 0 aliphatic carbocycles. The molecular weight excluding hydrogens is 440 g/mol. The Kier molecular flexibility index (Phi) is 6.78. The number of para-hydroxylation sites is 1. The first-order valence-electron chi connectivity index (χ1n) is 9.90. The molecule has 170 valence electrons. The molecule has 0 N–H and O–H groups in total. The number of nitro groups is 1. The van der Waals surface area contributed by atoms with Gasteiger partial charge in [0.15, 0.2) is 5.92 Å². The number of fused-ring (bicyclic) bond motifs is 1. The van der Waals surface area contributed by atoms with Gasteiger partial charge in [-0.2, -0.15) is 0 Å². The Morgan fingerprint density at radius 2 is 1.53 bits per heavy atom. The number of hydrogen-bond acceptors (Lipinski definition) is 8. The zero-order chi connectivity index (χ0) is 23.5. The molecule has 0 bridgehead atoms. The second-order valence-electron chi connectivity index (χ2n) is 6.88. The second kappa shape index (κ2) is 9.35. The van der Waals surface area contributed by atoms with Crippen LogP contribution in [0.3, 0.4) is 0 Å². The van der Waals surface area contributed by atoms with E-state index in [2.05, 4.69) is 0 Å². The number of esters is 2. The predicted octanol–water partition coefficient (Wildman–Crippen LogP) is 2.32. The number of ether oxygens (including phenoxy) is 2. The van der Waals surface area contributed by atoms with Gasteiger partial charge in [-0.25, -0.2) is 8.42 Å². The Bertz CT molecular complexity index is 1100. The Morgan fingerprint density at radius 1 is 1.00 bits per heavy atom. The lowest BCUT2D eigenvalue weighted by Gasteiger charge is -2.30. The molecule has 0 saturated heterocycles. The van der Waals surface area contributed by atoms with Crippen LogP contribution in [0.5, 0.6) is 0 Å². The molecule has 0 radical (unpaired) electrons. The number of benzene rings is 2. The summed E-state index contributed by atoms with van der Waals surface area (Å²) in [4.78, 5) is 36.9. The second-order valence-corrected chi connectivity index (χ2v) is 8.69. The number of nitrogens with zero attached hydrogens (tertiary/aromatic N) is 2. The highest BCUT2D eigenvalue weighted by molar-refractivity contribution is 7.92. The van der Waals surface area contributed by atoms with Crippen molar-refractivity contribution < 1.29 is 32.4 Å². The molecular formula is C21H22N2O8S. The molecule has 0 aromatic heterocycles. The first kappa shape index (κ1) is 23.2. The minimum absolute atomic E-state index is 0.0154. The summed E-state index contributed by atoms with van der Waals surface area (Å²) in [6, 6.07) is 9.74. The van der Waals surface area contributed by atoms with Crippen molar-refractivity contribution in [2.45, 2.75) is 30.8 Å². The zero-order valence-corrected chi connectivity index (χ0v) is 18.2. The summed E-state index contributed by atoms with van der Waals surface area (Å²) in [5, 5.41) is 12.1. The van der Waals surface area contributed by atoms with Crippen LogP contribution in [0.1, 0.15) is 25.5 Å². The fourth-order valence-electron chi connectivity index (χ4n) is 3.80. The lowest BCUT2D eigenvalue weighted by Crippen LogP contribution is -2.51. The van der Waals surface area contributed by atoms with Crippen LogP contribution in [0, 0.1) is 16.0 Å². The molecule has 2 aromatic carbocycles. The average molecular weight is 462 g/mol. The number of sulfonamides is 1. The number of rotatable bonds is 8. The van der Waals surface area contributed by atoms with E-state index in [0.29, 0.717) is 0 Å². The van der Waals surface area contributed by atoms with Crippen molar-refractivity contribution in [1.82, 2.24) is 0 Å². The normalized spacial score (nSPS) is 17.7. The Hall–Kier alpha value is -3.47. The first-order valence-corrected chi connectivity index (χ1v) is 11.3. The molecule has 3 rings (SSSR count). The Morgan fingerprint density at radius 3 is 2.06 bits per heavy atom. The van der Waals surface area contributed by atoms with E-state index in [-0.39, 0.29) is 29.4 Å². The summed E-state index contributed by atoms with van der Waals surface area (Å²) in [5.41, 5.74) is 0.0854. The Balaban J connectivity index is 2.29. The van der Waals surface area contributed by atoms with Crippen LogP contribution in [0.2, 0.25) is 0 Å². The van der Waals surface area contributed by atoms with Gasteiger partial charge in [0.05, 0.1) is 29.4 Å². The Labute approximate surface area is 184 Å². The minimum Gasteiger partial charge on any atom is -0.465 e. The molecule has 0 amide bonds. The van der Waals surface area contributed by atoms with E-state index in [1.807, 2.05) is 0 Å². The van der Waals surface area contributed by atoms with E-state index in [1.54, 1.807) is 6.07 Å². The van der Waals surface area contributed by atoms with E-state index < -0.39 is 44.9 Å². The molecule has 2 atom stereocenters. The van der Waals surface area contributed by atoms with Gasteiger partial charge in [-0.05, 0) is 38.1 Å². The van der Waals surface area contributed by atoms with Crippen LogP contribution in [0.25, 0.3) is 0 Å². The maximum absolute atomic E-state index is 13.6. The quantitative estimate of drug-likeness (QED) is 0.253. The predicted molar refractivity (Wildman–Crippen MR) is 113 cm³/mol. The summed E-state index contributed by atoms with van der Waals surface area (Å²) in [7, 11) is -4.40. The van der Waals surface area contributed by atoms with Crippen LogP contribution in [0.15, 0.2) is 59.5 Å². The van der Waals surface area contributed by atoms with Gasteiger partial charge in [0, 0.05) is 4.92 Å². The monoisotopic (exact) mass is 462 g/mol. The van der Waals surface area contributed by atoms with Crippen molar-refractivity contribution >= 4 is 27.6 Å². The van der Waals surface area contributed by atoms with Gasteiger partial charge in [-0.15, -0.1) is 0 Å². The third-order valence-corrected chi connectivity index (χ3v) is 6.86. The summed E-state index contributed by atoms with van der Waals surface area (Å²) in [5.74, 6) is -4.05. The van der Waals surface area contributed by atoms with Gasteiger partial charge < -0.3 is 9.47 Å². The van der Waals surface area contributed by atoms with E-state index in [4.69, 9.17) is 9.47 Å². The standard InChI is InChI=1S/C21H22N2O8S/c1-3-30-20(24)17(21(25)31-4-2)19-18(23(26)27)15-12-8-9-13-16(15)22(19)32(28,29)14-10-6-5-7-11-14/h5-13,17-19H,3-4H2,1-2H3/t18-,19+/m1/s1. The molecule has 1 aliphatic heterocycles. The van der Waals surface area contributed by atoms with Gasteiger partial charge in [0.2, 0.25) is 0 Å². The topological polar surface area (TPSA) is 133 Å². The third-order valence-electron chi connectivity index (χ3n) is 5.04. The van der Waals surface area contributed by atoms with Crippen LogP contribution in [-0.2, 0) is 29.1 Å². The summed E-state index contributed by atoms with van der Waals surface area (Å²) in [6.07, 6.45) is 0. The fourth-order valence-corrected chi connectivity index (χ4v) is 5.51. The van der Waals surface area contributed by atoms with Crippen LogP contribution in [0.4, 0.5) is 5.69 Å². The van der Waals surface area contributed by atoms with E-state index in [9.17, 15) is 28.1 Å². The van der Waals surface area contributed by atoms with Crippen molar-refractivity contribution in [2.24, 2.45) is 5.92 Å². The molecule has 32 heavy (non-hydrogen) atoms. The van der Waals surface area contributed by atoms with Crippen molar-refractivity contribution in [3.63, 3.8) is 0 Å². The van der Waals surface area contributed by atoms with E-state index in [0.717, 1.165) is 4.31 Å². The van der Waals surface area contributed by atoms with Crippen LogP contribution in [-0.4, -0.2) is 44.5 Å². The van der Waals surface area contributed by atoms with Gasteiger partial charge in [-0.1, -0.05) is 30.3 Å². The number of carbonyl (C=O) groups excluding carboxylic acids is 2. The molecule has 1 aliphatic rings. The SMILES string of the molecule is CCOC(=O)C(C(=O)OCC)[C@H]1[C@H]([N+](=O)[O-])c2ccccc2N1S(=O)(=O)c1ccccc1. The lowest BCUT2D eigenvalue weighted by molar-refractivity contribution is -0.531. The van der Waals surface area contributed by atoms with Gasteiger partial charge in [-0.3, -0.25) is 24.0 Å². The van der Waals surface area contributed by atoms with Crippen molar-refractivity contribution in [1.29, 1.82) is 0 Å². The molecule has 1 heterocycles. The van der Waals surface area contributed by atoms with Crippen molar-refractivity contribution in [2.75, 3.05) is 17.5 Å². The first-order chi connectivity index (χ1) is 15.3. The number of carbonyl (C=O) groups is 2. The molecule has 0 spiro atoms. The molecule has 11 heteroatoms. The van der Waals surface area contributed by atoms with Crippen LogP contribution < -0.4 is 4.31 Å². The smallest absolute Gasteiger partial charge is 0.322 e. The van der Waals surface area contributed by atoms with Gasteiger partial charge in [0.25, 0.3) is 16.1 Å². The maximum Gasteiger partial charge on any atom is 0.322 e. The number of hydrogen-bond donors (Lipinski definition) is 0. The maximum atomic E-state index is 13.6. The molecule has 2 aromatic rings. The minimum atomic E-state index is -4.40. The van der Waals surface area contributed by atoms with E-state index in [1.165, 1.54) is 62.4 Å². The third kappa shape index (κ3) is 4.03. The summed E-state index contributed by atoms with van der Waals surface area (Å²) >= 11 is 0. The highest BCUT2D eigenvalue weighted by Crippen LogP contribution is 2.47. The average Bonchev–Trinajstić information content (AvgIpc) is 3.10. The van der Waals surface area contributed by atoms with Gasteiger partial charge >= 0.3 is 11.9 Å².